The summed E-state index contributed by atoms with van der Waals surface area (Å²) >= 11 is 0. The zero-order chi connectivity index (χ0) is 31.8. The number of aromatic nitrogens is 2. The van der Waals surface area contributed by atoms with E-state index in [1.54, 1.807) is 0 Å². The number of carbonyl (C=O) groups is 4. The van der Waals surface area contributed by atoms with E-state index in [0.29, 0.717) is 19.5 Å². The number of anilines is 1. The molecule has 1 aromatic heterocycles. The summed E-state index contributed by atoms with van der Waals surface area (Å²) in [5.74, 6) is -2.08. The van der Waals surface area contributed by atoms with Gasteiger partial charge in [-0.15, -0.1) is 0 Å². The van der Waals surface area contributed by atoms with Crippen LogP contribution in [0.2, 0.25) is 5.82 Å². The molecule has 3 aromatic rings. The fourth-order valence-electron chi connectivity index (χ4n) is 7.56. The van der Waals surface area contributed by atoms with E-state index in [4.69, 9.17) is 9.31 Å². The maximum atomic E-state index is 14.3. The molecule has 3 aliphatic rings. The van der Waals surface area contributed by atoms with Crippen molar-refractivity contribution in [2.24, 2.45) is 5.92 Å². The minimum Gasteiger partial charge on any atom is -0.600 e. The van der Waals surface area contributed by atoms with Crippen LogP contribution in [0.4, 0.5) is 5.69 Å². The first-order valence-electron chi connectivity index (χ1n) is 15.5. The minimum atomic E-state index is -2.58. The Morgan fingerprint density at radius 2 is 1.60 bits per heavy atom. The number of amides is 1. The quantitative estimate of drug-likeness (QED) is 0.326. The van der Waals surface area contributed by atoms with Crippen molar-refractivity contribution in [3.05, 3.63) is 90.5 Å². The number of quaternary nitrogens is 1. The normalized spacial score (nSPS) is 26.5. The lowest BCUT2D eigenvalue weighted by Crippen LogP contribution is -2.75. The Kier molecular flexibility index (Phi) is 8.17. The summed E-state index contributed by atoms with van der Waals surface area (Å²) in [5.41, 5.74) is 1.88. The molecule has 234 valence electrons. The first-order valence-corrected chi connectivity index (χ1v) is 15.5. The molecule has 2 unspecified atom stereocenters. The fraction of sp³-hybridized carbons (Fsp3) is 0.394. The van der Waals surface area contributed by atoms with Crippen molar-refractivity contribution in [3.63, 3.8) is 0 Å². The van der Waals surface area contributed by atoms with E-state index < -0.39 is 48.5 Å². The van der Waals surface area contributed by atoms with Crippen molar-refractivity contribution >= 4 is 36.0 Å². The molecule has 6 rings (SSSR count). The van der Waals surface area contributed by atoms with Gasteiger partial charge in [0, 0.05) is 25.1 Å². The Labute approximate surface area is 262 Å². The van der Waals surface area contributed by atoms with E-state index in [9.17, 15) is 19.2 Å². The zero-order valence-corrected chi connectivity index (χ0v) is 25.7. The van der Waals surface area contributed by atoms with Crippen LogP contribution < -0.4 is 10.2 Å². The highest BCUT2D eigenvalue weighted by atomic mass is 16.7. The average molecular weight is 612 g/mol. The Bertz CT molecular complexity index is 1550. The molecule has 3 aliphatic heterocycles. The number of nitrogens with one attached hydrogen (secondary N) is 1. The molecule has 0 spiro atoms. The Balaban J connectivity index is 1.32. The van der Waals surface area contributed by atoms with Crippen molar-refractivity contribution in [2.75, 3.05) is 25.0 Å². The van der Waals surface area contributed by atoms with E-state index in [1.807, 2.05) is 86.5 Å². The molecule has 0 saturated carbocycles. The fourth-order valence-corrected chi connectivity index (χ4v) is 7.56. The van der Waals surface area contributed by atoms with Crippen molar-refractivity contribution in [1.29, 1.82) is 0 Å². The lowest BCUT2D eigenvalue weighted by molar-refractivity contribution is -0.845. The molecule has 3 saturated heterocycles. The van der Waals surface area contributed by atoms with Crippen LogP contribution in [-0.4, -0.2) is 82.9 Å². The maximum Gasteiger partial charge on any atom is 0.587 e. The van der Waals surface area contributed by atoms with Gasteiger partial charge in [0.25, 0.3) is 5.91 Å². The molecule has 1 N–H and O–H groups in total. The Hall–Kier alpha value is -4.58. The number of rotatable bonds is 11. The topological polar surface area (TPSA) is 128 Å². The van der Waals surface area contributed by atoms with Gasteiger partial charge >= 0.3 is 18.6 Å². The van der Waals surface area contributed by atoms with Crippen LogP contribution in [0.1, 0.15) is 42.7 Å². The third kappa shape index (κ3) is 5.48. The molecule has 12 heteroatoms. The second-order valence-electron chi connectivity index (χ2n) is 13.0. The third-order valence-electron chi connectivity index (χ3n) is 9.75. The molecule has 2 aromatic carbocycles. The third-order valence-corrected chi connectivity index (χ3v) is 9.75. The summed E-state index contributed by atoms with van der Waals surface area (Å²) in [6.45, 7) is 2.20. The average Bonchev–Trinajstić information content (AvgIpc) is 3.40. The number of carbonyl (C=O) groups excluding carboxylic acids is 4. The van der Waals surface area contributed by atoms with E-state index in [1.165, 1.54) is 18.6 Å². The number of Topliss-reactive ketones (excluding diaryl/α,β-unsaturated/α-hetero) is 1. The first kappa shape index (κ1) is 30.5. The lowest BCUT2D eigenvalue weighted by Gasteiger charge is -2.54. The van der Waals surface area contributed by atoms with Crippen LogP contribution in [0, 0.1) is 5.92 Å². The second-order valence-corrected chi connectivity index (χ2v) is 13.0. The van der Waals surface area contributed by atoms with Crippen LogP contribution in [0.5, 0.6) is 0 Å². The van der Waals surface area contributed by atoms with Gasteiger partial charge in [-0.1, -0.05) is 68.8 Å². The molecular formula is C33H38BN5O6. The number of para-hydroxylation sites is 1. The number of piperazine rings is 1. The Morgan fingerprint density at radius 1 is 0.978 bits per heavy atom. The van der Waals surface area contributed by atoms with Gasteiger partial charge in [-0.25, -0.2) is 14.6 Å². The monoisotopic (exact) mass is 611 g/mol. The summed E-state index contributed by atoms with van der Waals surface area (Å²) in [4.78, 5) is 64.8. The van der Waals surface area contributed by atoms with Crippen LogP contribution in [-0.2, 0) is 30.1 Å². The van der Waals surface area contributed by atoms with Crippen LogP contribution in [0.25, 0.3) is 0 Å². The SMILES string of the molecule is CC(C)C[C@H](CC(=O)[C@H](Cc1ccccc1)NC(=O)c1cnccn1)[B-]12OC(=O)[C@H]3CN(c4ccccc4)C[C@@H](C(=O)O1)[N+]32C. The number of likely N-dealkylation sites (N-methyl/N-ethyl adjacent to an activating group) is 1. The predicted molar refractivity (Wildman–Crippen MR) is 167 cm³/mol. The first-order chi connectivity index (χ1) is 21.6. The smallest absolute Gasteiger partial charge is 0.587 e. The number of benzene rings is 2. The highest BCUT2D eigenvalue weighted by Crippen LogP contribution is 2.53. The molecule has 6 atom stereocenters. The zero-order valence-electron chi connectivity index (χ0n) is 25.7. The molecular weight excluding hydrogens is 573 g/mol. The summed E-state index contributed by atoms with van der Waals surface area (Å²) in [7, 11) is 1.88. The van der Waals surface area contributed by atoms with Gasteiger partial charge in [0.05, 0.1) is 25.3 Å². The number of hydrogen-bond donors (Lipinski definition) is 1. The minimum absolute atomic E-state index is 0.000975. The van der Waals surface area contributed by atoms with Gasteiger partial charge in [-0.3, -0.25) is 14.6 Å². The van der Waals surface area contributed by atoms with Crippen molar-refractivity contribution < 1.29 is 32.9 Å². The van der Waals surface area contributed by atoms with Crippen LogP contribution in [0.15, 0.2) is 79.3 Å². The highest BCUT2D eigenvalue weighted by molar-refractivity contribution is 6.68. The number of hydrogen-bond acceptors (Lipinski definition) is 9. The van der Waals surface area contributed by atoms with Crippen molar-refractivity contribution in [2.45, 2.75) is 57.1 Å². The van der Waals surface area contributed by atoms with E-state index in [-0.39, 0.29) is 34.6 Å². The standard InChI is InChI=1S/C33H38BN5O6/c1-22(2)16-24(18-30(40)26(17-23-10-6-4-7-11-23)37-31(41)27-19-35-14-15-36-27)34-39(3)28(32(42)44-34)20-38(21-29(39)33(43)45-34)25-12-8-5-9-13-25/h4-15,19,22,24,26,28-29H,16-18,20-21H2,1-3H3,(H,37,41)/t24-,26+,28-,29+,34?,39?/m1/s1. The van der Waals surface area contributed by atoms with Gasteiger partial charge in [0.15, 0.2) is 17.9 Å². The number of nitrogens with zero attached hydrogens (tertiary/aromatic N) is 4. The van der Waals surface area contributed by atoms with Gasteiger partial charge in [-0.2, -0.15) is 0 Å². The van der Waals surface area contributed by atoms with E-state index in [0.717, 1.165) is 11.3 Å². The van der Waals surface area contributed by atoms with Crippen LogP contribution in [0.3, 0.4) is 0 Å². The summed E-state index contributed by atoms with van der Waals surface area (Å²) in [6, 6.07) is 16.9. The molecule has 0 bridgehead atoms. The summed E-state index contributed by atoms with van der Waals surface area (Å²) in [6.07, 6.45) is 4.92. The van der Waals surface area contributed by atoms with E-state index >= 15 is 0 Å². The lowest BCUT2D eigenvalue weighted by atomic mass is 9.51. The highest BCUT2D eigenvalue weighted by Gasteiger charge is 2.77. The predicted octanol–water partition coefficient (Wildman–Crippen LogP) is 2.95. The largest absolute Gasteiger partial charge is 0.600 e. The van der Waals surface area contributed by atoms with E-state index in [2.05, 4.69) is 15.3 Å². The molecule has 0 aliphatic carbocycles. The molecule has 11 nitrogen and oxygen atoms in total. The van der Waals surface area contributed by atoms with Gasteiger partial charge in [-0.05, 0) is 42.3 Å². The maximum absolute atomic E-state index is 14.3. The summed E-state index contributed by atoms with van der Waals surface area (Å²) in [5, 5.41) is 2.87. The molecule has 0 radical (unpaired) electrons. The molecule has 45 heavy (non-hydrogen) atoms. The van der Waals surface area contributed by atoms with Gasteiger partial charge < -0.3 is 23.9 Å². The molecule has 3 fully saturated rings. The van der Waals surface area contributed by atoms with Crippen molar-refractivity contribution in [1.82, 2.24) is 15.3 Å². The van der Waals surface area contributed by atoms with Crippen LogP contribution >= 0.6 is 0 Å². The summed E-state index contributed by atoms with van der Waals surface area (Å²) < 4.78 is 12.5. The van der Waals surface area contributed by atoms with Gasteiger partial charge in [0.2, 0.25) is 0 Å². The van der Waals surface area contributed by atoms with Crippen molar-refractivity contribution in [3.8, 4) is 0 Å². The second kappa shape index (κ2) is 12.1. The molecule has 4 heterocycles. The Morgan fingerprint density at radius 3 is 2.18 bits per heavy atom. The van der Waals surface area contributed by atoms with Gasteiger partial charge in [0.1, 0.15) is 5.69 Å². The molecule has 1 amide bonds. The number of ketones is 1.